The van der Waals surface area contributed by atoms with Crippen LogP contribution in [0.15, 0.2) is 36.7 Å². The number of rotatable bonds is 4. The maximum absolute atomic E-state index is 13.6. The van der Waals surface area contributed by atoms with E-state index < -0.39 is 15.8 Å². The van der Waals surface area contributed by atoms with Gasteiger partial charge in [0.25, 0.3) is 0 Å². The predicted molar refractivity (Wildman–Crippen MR) is 84.9 cm³/mol. The van der Waals surface area contributed by atoms with Crippen molar-refractivity contribution in [2.24, 2.45) is 0 Å². The van der Waals surface area contributed by atoms with E-state index in [0.29, 0.717) is 4.47 Å². The third-order valence-electron chi connectivity index (χ3n) is 2.56. The number of nitrogens with one attached hydrogen (secondary N) is 1. The van der Waals surface area contributed by atoms with Crippen molar-refractivity contribution in [3.63, 3.8) is 0 Å². The van der Waals surface area contributed by atoms with Crippen molar-refractivity contribution in [3.8, 4) is 0 Å². The molecule has 0 unspecified atom stereocenters. The minimum Gasteiger partial charge on any atom is -0.207 e. The molecule has 1 heterocycles. The Hall–Kier alpha value is -0.280. The van der Waals surface area contributed by atoms with Crippen LogP contribution in [0.4, 0.5) is 4.39 Å². The zero-order valence-electron chi connectivity index (χ0n) is 10.3. The molecule has 0 bridgehead atoms. The molecule has 8 heteroatoms. The number of aryl methyl sites for hydroxylation is 1. The van der Waals surface area contributed by atoms with Gasteiger partial charge < -0.3 is 0 Å². The molecular weight excluding hydrogens is 433 g/mol. The molecule has 0 aliphatic heterocycles. The standard InChI is InChI=1S/C12H10Br2FNO2S2/c1-7-4-11(19-12(7)14)20(17,18)16-6-8-5-9(13)2-3-10(8)15/h2-5,16H,6H2,1H3. The fourth-order valence-corrected chi connectivity index (χ4v) is 5.17. The van der Waals surface area contributed by atoms with Gasteiger partial charge in [0.2, 0.25) is 10.0 Å². The minimum atomic E-state index is -3.63. The van der Waals surface area contributed by atoms with Gasteiger partial charge in [-0.05, 0) is 52.7 Å². The molecule has 0 aliphatic rings. The summed E-state index contributed by atoms with van der Waals surface area (Å²) >= 11 is 7.64. The molecule has 0 radical (unpaired) electrons. The summed E-state index contributed by atoms with van der Waals surface area (Å²) in [6.07, 6.45) is 0. The second kappa shape index (κ2) is 6.23. The number of sulfonamides is 1. The highest BCUT2D eigenvalue weighted by molar-refractivity contribution is 9.11. The lowest BCUT2D eigenvalue weighted by atomic mass is 10.2. The van der Waals surface area contributed by atoms with Crippen LogP contribution in [-0.2, 0) is 16.6 Å². The van der Waals surface area contributed by atoms with Crippen molar-refractivity contribution in [1.82, 2.24) is 4.72 Å². The first kappa shape index (κ1) is 16.1. The topological polar surface area (TPSA) is 46.2 Å². The van der Waals surface area contributed by atoms with Crippen LogP contribution in [0.3, 0.4) is 0 Å². The summed E-state index contributed by atoms with van der Waals surface area (Å²) in [5, 5.41) is 0. The van der Waals surface area contributed by atoms with E-state index in [2.05, 4.69) is 36.6 Å². The summed E-state index contributed by atoms with van der Waals surface area (Å²) in [5.74, 6) is -0.445. The summed E-state index contributed by atoms with van der Waals surface area (Å²) < 4.78 is 41.9. The third kappa shape index (κ3) is 3.67. The van der Waals surface area contributed by atoms with E-state index in [4.69, 9.17) is 0 Å². The van der Waals surface area contributed by atoms with Crippen molar-refractivity contribution >= 4 is 53.2 Å². The Morgan fingerprint density at radius 3 is 2.60 bits per heavy atom. The van der Waals surface area contributed by atoms with Gasteiger partial charge in [-0.1, -0.05) is 15.9 Å². The summed E-state index contributed by atoms with van der Waals surface area (Å²) in [6, 6.07) is 5.98. The zero-order valence-corrected chi connectivity index (χ0v) is 15.1. The van der Waals surface area contributed by atoms with E-state index in [1.54, 1.807) is 18.2 Å². The lowest BCUT2D eigenvalue weighted by Gasteiger charge is -2.06. The van der Waals surface area contributed by atoms with Crippen molar-refractivity contribution in [2.75, 3.05) is 0 Å². The van der Waals surface area contributed by atoms with E-state index in [0.717, 1.165) is 20.7 Å². The molecule has 0 saturated carbocycles. The zero-order chi connectivity index (χ0) is 14.9. The predicted octanol–water partition coefficient (Wildman–Crippen LogP) is 4.20. The molecule has 2 rings (SSSR count). The number of halogens is 3. The van der Waals surface area contributed by atoms with Crippen LogP contribution in [0, 0.1) is 12.7 Å². The molecule has 2 aromatic rings. The van der Waals surface area contributed by atoms with E-state index in [1.165, 1.54) is 6.07 Å². The SMILES string of the molecule is Cc1cc(S(=O)(=O)NCc2cc(Br)ccc2F)sc1Br. The summed E-state index contributed by atoms with van der Waals surface area (Å²) in [7, 11) is -3.63. The average molecular weight is 443 g/mol. The van der Waals surface area contributed by atoms with Crippen molar-refractivity contribution < 1.29 is 12.8 Å². The minimum absolute atomic E-state index is 0.0951. The first-order chi connectivity index (χ1) is 9.29. The molecule has 0 saturated heterocycles. The quantitative estimate of drug-likeness (QED) is 0.771. The van der Waals surface area contributed by atoms with Crippen LogP contribution in [-0.4, -0.2) is 8.42 Å². The fraction of sp³-hybridized carbons (Fsp3) is 0.167. The Labute approximate surface area is 137 Å². The highest BCUT2D eigenvalue weighted by Gasteiger charge is 2.18. The molecule has 20 heavy (non-hydrogen) atoms. The molecule has 108 valence electrons. The first-order valence-electron chi connectivity index (χ1n) is 5.49. The summed E-state index contributed by atoms with van der Waals surface area (Å²) in [4.78, 5) is 0. The lowest BCUT2D eigenvalue weighted by Crippen LogP contribution is -2.22. The van der Waals surface area contributed by atoms with Crippen LogP contribution >= 0.6 is 43.2 Å². The largest absolute Gasteiger partial charge is 0.250 e. The molecule has 0 amide bonds. The highest BCUT2D eigenvalue weighted by Crippen LogP contribution is 2.30. The Morgan fingerprint density at radius 1 is 1.30 bits per heavy atom. The smallest absolute Gasteiger partial charge is 0.207 e. The fourth-order valence-electron chi connectivity index (χ4n) is 1.49. The van der Waals surface area contributed by atoms with Crippen molar-refractivity contribution in [3.05, 3.63) is 49.5 Å². The second-order valence-corrected chi connectivity index (χ2v) is 9.36. The summed E-state index contributed by atoms with van der Waals surface area (Å²) in [5.41, 5.74) is 1.14. The lowest BCUT2D eigenvalue weighted by molar-refractivity contribution is 0.576. The summed E-state index contributed by atoms with van der Waals surface area (Å²) in [6.45, 7) is 1.72. The highest BCUT2D eigenvalue weighted by atomic mass is 79.9. The first-order valence-corrected chi connectivity index (χ1v) is 9.37. The van der Waals surface area contributed by atoms with Gasteiger partial charge in [-0.15, -0.1) is 11.3 Å². The molecule has 0 aliphatic carbocycles. The number of hydrogen-bond acceptors (Lipinski definition) is 3. The maximum Gasteiger partial charge on any atom is 0.250 e. The van der Waals surface area contributed by atoms with Crippen LogP contribution in [0.25, 0.3) is 0 Å². The van der Waals surface area contributed by atoms with E-state index in [-0.39, 0.29) is 16.3 Å². The Morgan fingerprint density at radius 2 is 2.00 bits per heavy atom. The number of benzene rings is 1. The van der Waals surface area contributed by atoms with Crippen molar-refractivity contribution in [1.29, 1.82) is 0 Å². The molecular formula is C12H10Br2FNO2S2. The van der Waals surface area contributed by atoms with Gasteiger partial charge in [-0.25, -0.2) is 17.5 Å². The van der Waals surface area contributed by atoms with Gasteiger partial charge in [0.1, 0.15) is 10.0 Å². The average Bonchev–Trinajstić information content (AvgIpc) is 2.72. The van der Waals surface area contributed by atoms with Crippen LogP contribution in [0.5, 0.6) is 0 Å². The van der Waals surface area contributed by atoms with E-state index in [9.17, 15) is 12.8 Å². The van der Waals surface area contributed by atoms with Crippen LogP contribution in [0.2, 0.25) is 0 Å². The molecule has 0 atom stereocenters. The van der Waals surface area contributed by atoms with Gasteiger partial charge in [0.05, 0.1) is 3.79 Å². The molecule has 1 N–H and O–H groups in total. The Kier molecular flexibility index (Phi) is 5.01. The third-order valence-corrected chi connectivity index (χ3v) is 7.06. The number of thiophene rings is 1. The second-order valence-electron chi connectivity index (χ2n) is 4.08. The van der Waals surface area contributed by atoms with E-state index >= 15 is 0 Å². The Balaban J connectivity index is 2.19. The van der Waals surface area contributed by atoms with Crippen molar-refractivity contribution in [2.45, 2.75) is 17.7 Å². The normalized spacial score (nSPS) is 11.8. The van der Waals surface area contributed by atoms with Gasteiger partial charge in [0.15, 0.2) is 0 Å². The van der Waals surface area contributed by atoms with Crippen LogP contribution < -0.4 is 4.72 Å². The van der Waals surface area contributed by atoms with Gasteiger partial charge >= 0.3 is 0 Å². The van der Waals surface area contributed by atoms with Gasteiger partial charge in [-0.3, -0.25) is 0 Å². The molecule has 0 spiro atoms. The molecule has 0 fully saturated rings. The van der Waals surface area contributed by atoms with Gasteiger partial charge in [-0.2, -0.15) is 0 Å². The Bertz CT molecular complexity index is 724. The monoisotopic (exact) mass is 441 g/mol. The molecule has 1 aromatic carbocycles. The maximum atomic E-state index is 13.6. The van der Waals surface area contributed by atoms with E-state index in [1.807, 2.05) is 6.92 Å². The van der Waals surface area contributed by atoms with Gasteiger partial charge in [0, 0.05) is 16.6 Å². The molecule has 1 aromatic heterocycles. The number of hydrogen-bond donors (Lipinski definition) is 1. The molecule has 3 nitrogen and oxygen atoms in total. The van der Waals surface area contributed by atoms with Crippen LogP contribution in [0.1, 0.15) is 11.1 Å².